The van der Waals surface area contributed by atoms with E-state index in [1.807, 2.05) is 18.2 Å². The average molecular weight is 402 g/mol. The monoisotopic (exact) mass is 402 g/mol. The van der Waals surface area contributed by atoms with Gasteiger partial charge in [0.25, 0.3) is 5.91 Å². The molecule has 1 unspecified atom stereocenters. The number of methoxy groups -OCH3 is 1. The number of amides is 3. The molecule has 1 aromatic carbocycles. The summed E-state index contributed by atoms with van der Waals surface area (Å²) in [6.45, 7) is 2.99. The maximum Gasteiger partial charge on any atom is 0.267 e. The molecule has 1 saturated heterocycles. The van der Waals surface area contributed by atoms with E-state index < -0.39 is 5.92 Å². The summed E-state index contributed by atoms with van der Waals surface area (Å²) in [5, 5.41) is 5.90. The van der Waals surface area contributed by atoms with E-state index in [-0.39, 0.29) is 24.1 Å². The van der Waals surface area contributed by atoms with E-state index in [4.69, 9.17) is 4.74 Å². The Morgan fingerprint density at radius 1 is 1.29 bits per heavy atom. The van der Waals surface area contributed by atoms with Crippen molar-refractivity contribution >= 4 is 39.9 Å². The first kappa shape index (κ1) is 20.0. The molecule has 0 radical (unpaired) electrons. The van der Waals surface area contributed by atoms with Crippen LogP contribution in [0.1, 0.15) is 21.8 Å². The Balaban J connectivity index is 1.61. The molecule has 28 heavy (non-hydrogen) atoms. The van der Waals surface area contributed by atoms with Gasteiger partial charge >= 0.3 is 0 Å². The highest BCUT2D eigenvalue weighted by molar-refractivity contribution is 7.17. The van der Waals surface area contributed by atoms with Crippen molar-refractivity contribution in [3.63, 3.8) is 0 Å². The van der Waals surface area contributed by atoms with Crippen LogP contribution in [0, 0.1) is 12.8 Å². The van der Waals surface area contributed by atoms with Gasteiger partial charge in [0, 0.05) is 32.3 Å². The minimum absolute atomic E-state index is 0.0598. The molecule has 0 saturated carbocycles. The van der Waals surface area contributed by atoms with Gasteiger partial charge in [-0.2, -0.15) is 0 Å². The summed E-state index contributed by atoms with van der Waals surface area (Å²) in [4.78, 5) is 43.3. The second kappa shape index (κ2) is 8.94. The van der Waals surface area contributed by atoms with Crippen LogP contribution in [0.5, 0.6) is 0 Å². The van der Waals surface area contributed by atoms with Crippen LogP contribution in [0.15, 0.2) is 30.3 Å². The van der Waals surface area contributed by atoms with Gasteiger partial charge in [-0.25, -0.2) is 4.98 Å². The highest BCUT2D eigenvalue weighted by atomic mass is 32.1. The first-order chi connectivity index (χ1) is 13.5. The van der Waals surface area contributed by atoms with Gasteiger partial charge in [0.1, 0.15) is 4.88 Å². The number of aryl methyl sites for hydroxylation is 1. The molecule has 148 valence electrons. The lowest BCUT2D eigenvalue weighted by molar-refractivity contribution is -0.128. The molecule has 2 aromatic rings. The lowest BCUT2D eigenvalue weighted by Crippen LogP contribution is -2.30. The molecule has 1 aromatic heterocycles. The minimum Gasteiger partial charge on any atom is -0.383 e. The van der Waals surface area contributed by atoms with E-state index in [1.165, 1.54) is 0 Å². The zero-order valence-electron chi connectivity index (χ0n) is 15.7. The standard InChI is InChI=1S/C19H22N4O4S/c1-12-16(18(26)21-14-6-4-3-5-7-14)28-19(20-12)22-17(25)13-10-15(24)23(11-13)8-9-27-2/h3-7,13H,8-11H2,1-2H3,(H,21,26)(H,20,22,25). The van der Waals surface area contributed by atoms with Crippen LogP contribution >= 0.6 is 11.3 Å². The Labute approximate surface area is 166 Å². The van der Waals surface area contributed by atoms with Crippen LogP contribution in [-0.2, 0) is 14.3 Å². The molecule has 2 heterocycles. The Bertz CT molecular complexity index is 868. The number of ether oxygens (including phenoxy) is 1. The number of anilines is 2. The molecule has 1 atom stereocenters. The summed E-state index contributed by atoms with van der Waals surface area (Å²) < 4.78 is 4.98. The fraction of sp³-hybridized carbons (Fsp3) is 0.368. The summed E-state index contributed by atoms with van der Waals surface area (Å²) in [5.41, 5.74) is 1.23. The molecule has 1 aliphatic heterocycles. The van der Waals surface area contributed by atoms with Crippen molar-refractivity contribution in [1.82, 2.24) is 9.88 Å². The molecule has 8 nitrogen and oxygen atoms in total. The largest absolute Gasteiger partial charge is 0.383 e. The topological polar surface area (TPSA) is 101 Å². The first-order valence-electron chi connectivity index (χ1n) is 8.89. The number of hydrogen-bond donors (Lipinski definition) is 2. The van der Waals surface area contributed by atoms with Gasteiger partial charge in [-0.15, -0.1) is 0 Å². The van der Waals surface area contributed by atoms with E-state index in [0.717, 1.165) is 11.3 Å². The third-order valence-electron chi connectivity index (χ3n) is 4.42. The van der Waals surface area contributed by atoms with E-state index in [9.17, 15) is 14.4 Å². The SMILES string of the molecule is COCCN1CC(C(=O)Nc2nc(C)c(C(=O)Nc3ccccc3)s2)CC1=O. The molecule has 1 aliphatic rings. The van der Waals surface area contributed by atoms with Gasteiger partial charge < -0.3 is 20.3 Å². The molecule has 3 amide bonds. The van der Waals surface area contributed by atoms with Crippen LogP contribution in [0.25, 0.3) is 0 Å². The van der Waals surface area contributed by atoms with Crippen molar-refractivity contribution in [2.75, 3.05) is 37.4 Å². The van der Waals surface area contributed by atoms with Gasteiger partial charge in [0.05, 0.1) is 18.2 Å². The normalized spacial score (nSPS) is 16.3. The predicted octanol–water partition coefficient (Wildman–Crippen LogP) is 2.14. The molecule has 0 aliphatic carbocycles. The third-order valence-corrected chi connectivity index (χ3v) is 5.49. The average Bonchev–Trinajstić information content (AvgIpc) is 3.23. The van der Waals surface area contributed by atoms with Gasteiger partial charge in [-0.3, -0.25) is 14.4 Å². The van der Waals surface area contributed by atoms with E-state index in [2.05, 4.69) is 15.6 Å². The number of carbonyl (C=O) groups is 3. The molecule has 0 spiro atoms. The van der Waals surface area contributed by atoms with Crippen LogP contribution in [0.4, 0.5) is 10.8 Å². The van der Waals surface area contributed by atoms with Crippen LogP contribution < -0.4 is 10.6 Å². The lowest BCUT2D eigenvalue weighted by Gasteiger charge is -2.15. The highest BCUT2D eigenvalue weighted by Crippen LogP contribution is 2.26. The highest BCUT2D eigenvalue weighted by Gasteiger charge is 2.34. The maximum absolute atomic E-state index is 12.5. The van der Waals surface area contributed by atoms with Crippen molar-refractivity contribution in [2.24, 2.45) is 5.92 Å². The number of nitrogens with one attached hydrogen (secondary N) is 2. The number of likely N-dealkylation sites (tertiary alicyclic amines) is 1. The summed E-state index contributed by atoms with van der Waals surface area (Å²) in [6, 6.07) is 9.12. The van der Waals surface area contributed by atoms with Crippen molar-refractivity contribution in [2.45, 2.75) is 13.3 Å². The maximum atomic E-state index is 12.5. The fourth-order valence-electron chi connectivity index (χ4n) is 2.94. The number of nitrogens with zero attached hydrogens (tertiary/aromatic N) is 2. The molecule has 2 N–H and O–H groups in total. The summed E-state index contributed by atoms with van der Waals surface area (Å²) in [6.07, 6.45) is 0.168. The molecule has 3 rings (SSSR count). The number of carbonyl (C=O) groups excluding carboxylic acids is 3. The zero-order valence-corrected chi connectivity index (χ0v) is 16.5. The van der Waals surface area contributed by atoms with E-state index in [0.29, 0.717) is 41.1 Å². The quantitative estimate of drug-likeness (QED) is 0.739. The molecular formula is C19H22N4O4S. The van der Waals surface area contributed by atoms with Gasteiger partial charge in [-0.1, -0.05) is 29.5 Å². The van der Waals surface area contributed by atoms with Crippen molar-refractivity contribution in [3.05, 3.63) is 40.9 Å². The van der Waals surface area contributed by atoms with Crippen LogP contribution in [0.2, 0.25) is 0 Å². The van der Waals surface area contributed by atoms with E-state index >= 15 is 0 Å². The van der Waals surface area contributed by atoms with Gasteiger partial charge in [-0.05, 0) is 19.1 Å². The van der Waals surface area contributed by atoms with Crippen LogP contribution in [0.3, 0.4) is 0 Å². The fourth-order valence-corrected chi connectivity index (χ4v) is 3.81. The molecule has 9 heteroatoms. The predicted molar refractivity (Wildman–Crippen MR) is 106 cm³/mol. The van der Waals surface area contributed by atoms with Crippen molar-refractivity contribution < 1.29 is 19.1 Å². The molecular weight excluding hydrogens is 380 g/mol. The molecule has 1 fully saturated rings. The number of hydrogen-bond acceptors (Lipinski definition) is 6. The molecule has 0 bridgehead atoms. The minimum atomic E-state index is -0.435. The second-order valence-electron chi connectivity index (χ2n) is 6.48. The number of aromatic nitrogens is 1. The number of benzene rings is 1. The zero-order chi connectivity index (χ0) is 20.1. The Morgan fingerprint density at radius 2 is 2.04 bits per heavy atom. The Hall–Kier alpha value is -2.78. The van der Waals surface area contributed by atoms with Crippen molar-refractivity contribution in [1.29, 1.82) is 0 Å². The third kappa shape index (κ3) is 4.73. The second-order valence-corrected chi connectivity index (χ2v) is 7.48. The summed E-state index contributed by atoms with van der Waals surface area (Å²) in [7, 11) is 1.57. The summed E-state index contributed by atoms with van der Waals surface area (Å²) in [5.74, 6) is -1.04. The van der Waals surface area contributed by atoms with E-state index in [1.54, 1.807) is 31.1 Å². The van der Waals surface area contributed by atoms with Gasteiger partial charge in [0.2, 0.25) is 11.8 Å². The Morgan fingerprint density at radius 3 is 2.75 bits per heavy atom. The number of thiazole rings is 1. The smallest absolute Gasteiger partial charge is 0.267 e. The van der Waals surface area contributed by atoms with Crippen LogP contribution in [-0.4, -0.2) is 54.4 Å². The van der Waals surface area contributed by atoms with Gasteiger partial charge in [0.15, 0.2) is 5.13 Å². The number of rotatable bonds is 7. The van der Waals surface area contributed by atoms with Crippen molar-refractivity contribution in [3.8, 4) is 0 Å². The number of para-hydroxylation sites is 1. The first-order valence-corrected chi connectivity index (χ1v) is 9.71. The lowest BCUT2D eigenvalue weighted by atomic mass is 10.1. The Kier molecular flexibility index (Phi) is 6.37. The summed E-state index contributed by atoms with van der Waals surface area (Å²) >= 11 is 1.12.